The van der Waals surface area contributed by atoms with Crippen molar-refractivity contribution in [3.63, 3.8) is 0 Å². The lowest BCUT2D eigenvalue weighted by Gasteiger charge is -2.32. The number of hydrogen-bond acceptors (Lipinski definition) is 6. The first-order chi connectivity index (χ1) is 14.0. The van der Waals surface area contributed by atoms with Crippen LogP contribution >= 0.6 is 11.3 Å². The Morgan fingerprint density at radius 1 is 1.27 bits per heavy atom. The molecule has 1 aromatic heterocycles. The molecule has 8 nitrogen and oxygen atoms in total. The van der Waals surface area contributed by atoms with Crippen molar-refractivity contribution in [2.45, 2.75) is 65.4 Å². The Morgan fingerprint density at radius 2 is 1.97 bits per heavy atom. The maximum atomic E-state index is 12.7. The van der Waals surface area contributed by atoms with E-state index in [9.17, 15) is 14.4 Å². The molecule has 2 rings (SSSR count). The molecule has 1 fully saturated rings. The van der Waals surface area contributed by atoms with Gasteiger partial charge in [0.2, 0.25) is 11.8 Å². The molecule has 3 amide bonds. The van der Waals surface area contributed by atoms with Gasteiger partial charge in [-0.1, -0.05) is 13.8 Å². The molecule has 30 heavy (non-hydrogen) atoms. The van der Waals surface area contributed by atoms with Gasteiger partial charge >= 0.3 is 6.09 Å². The van der Waals surface area contributed by atoms with Crippen molar-refractivity contribution >= 4 is 29.2 Å². The third-order valence-electron chi connectivity index (χ3n) is 4.63. The summed E-state index contributed by atoms with van der Waals surface area (Å²) in [7, 11) is 0. The lowest BCUT2D eigenvalue weighted by molar-refractivity contribution is -0.135. The molecule has 1 unspecified atom stereocenters. The molecule has 1 aromatic rings. The first-order valence-corrected chi connectivity index (χ1v) is 11.4. The van der Waals surface area contributed by atoms with Crippen LogP contribution in [0.1, 0.15) is 64.1 Å². The number of rotatable bonds is 7. The fourth-order valence-electron chi connectivity index (χ4n) is 3.16. The highest BCUT2D eigenvalue weighted by Gasteiger charge is 2.28. The highest BCUT2D eigenvalue weighted by molar-refractivity contribution is 7.09. The molecule has 0 radical (unpaired) electrons. The summed E-state index contributed by atoms with van der Waals surface area (Å²) >= 11 is 1.58. The van der Waals surface area contributed by atoms with E-state index in [4.69, 9.17) is 4.74 Å². The molecule has 1 saturated heterocycles. The fraction of sp³-hybridized carbons (Fsp3) is 0.714. The molecule has 0 saturated carbocycles. The van der Waals surface area contributed by atoms with E-state index < -0.39 is 11.7 Å². The smallest absolute Gasteiger partial charge is 0.407 e. The van der Waals surface area contributed by atoms with Gasteiger partial charge in [-0.2, -0.15) is 0 Å². The Labute approximate surface area is 182 Å². The molecular weight excluding hydrogens is 404 g/mol. The molecular formula is C21H34N4O4S. The van der Waals surface area contributed by atoms with E-state index in [0.717, 1.165) is 23.5 Å². The Balaban J connectivity index is 1.74. The summed E-state index contributed by atoms with van der Waals surface area (Å²) in [6, 6.07) is 0. The average Bonchev–Trinajstić information content (AvgIpc) is 3.12. The molecule has 168 valence electrons. The van der Waals surface area contributed by atoms with Crippen molar-refractivity contribution in [3.8, 4) is 0 Å². The van der Waals surface area contributed by atoms with E-state index in [2.05, 4.69) is 29.5 Å². The number of nitrogens with one attached hydrogen (secondary N) is 2. The number of aromatic nitrogens is 1. The van der Waals surface area contributed by atoms with Crippen LogP contribution < -0.4 is 10.6 Å². The van der Waals surface area contributed by atoms with Crippen molar-refractivity contribution in [2.75, 3.05) is 26.2 Å². The minimum atomic E-state index is -0.555. The van der Waals surface area contributed by atoms with E-state index >= 15 is 0 Å². The molecule has 0 bridgehead atoms. The second-order valence-electron chi connectivity index (χ2n) is 8.91. The SMILES string of the molecule is CC(C)c1nc(CC(=O)N2CCCC(C(=O)NCCNC(=O)OC(C)(C)C)C2)cs1. The molecule has 2 N–H and O–H groups in total. The van der Waals surface area contributed by atoms with Crippen molar-refractivity contribution in [2.24, 2.45) is 5.92 Å². The number of carbonyl (C=O) groups excluding carboxylic acids is 3. The number of carbonyl (C=O) groups is 3. The van der Waals surface area contributed by atoms with Gasteiger partial charge in [-0.3, -0.25) is 9.59 Å². The van der Waals surface area contributed by atoms with Crippen LogP contribution in [0.4, 0.5) is 4.79 Å². The molecule has 0 spiro atoms. The molecule has 1 aliphatic rings. The van der Waals surface area contributed by atoms with E-state index in [0.29, 0.717) is 25.6 Å². The molecule has 0 aromatic carbocycles. The third-order valence-corrected chi connectivity index (χ3v) is 5.83. The van der Waals surface area contributed by atoms with Gasteiger partial charge in [0.25, 0.3) is 0 Å². The van der Waals surface area contributed by atoms with Crippen LogP contribution in [-0.4, -0.2) is 59.6 Å². The molecule has 0 aliphatic carbocycles. The predicted octanol–water partition coefficient (Wildman–Crippen LogP) is 2.69. The summed E-state index contributed by atoms with van der Waals surface area (Å²) in [6.45, 7) is 11.3. The Bertz CT molecular complexity index is 742. The van der Waals surface area contributed by atoms with E-state index in [-0.39, 0.29) is 30.7 Å². The number of nitrogens with zero attached hydrogens (tertiary/aromatic N) is 2. The lowest BCUT2D eigenvalue weighted by atomic mass is 9.96. The van der Waals surface area contributed by atoms with Crippen LogP contribution in [-0.2, 0) is 20.7 Å². The third kappa shape index (κ3) is 7.93. The normalized spacial score (nSPS) is 17.0. The number of ether oxygens (including phenoxy) is 1. The second kappa shape index (κ2) is 10.7. The Kier molecular flexibility index (Phi) is 8.64. The second-order valence-corrected chi connectivity index (χ2v) is 9.80. The highest BCUT2D eigenvalue weighted by atomic mass is 32.1. The molecule has 2 heterocycles. The highest BCUT2D eigenvalue weighted by Crippen LogP contribution is 2.21. The van der Waals surface area contributed by atoms with Crippen LogP contribution in [0.2, 0.25) is 0 Å². The minimum Gasteiger partial charge on any atom is -0.444 e. The van der Waals surface area contributed by atoms with Crippen molar-refractivity contribution in [1.29, 1.82) is 0 Å². The van der Waals surface area contributed by atoms with Gasteiger partial charge < -0.3 is 20.3 Å². The van der Waals surface area contributed by atoms with Crippen LogP contribution in [0.15, 0.2) is 5.38 Å². The van der Waals surface area contributed by atoms with E-state index in [1.54, 1.807) is 37.0 Å². The van der Waals surface area contributed by atoms with Gasteiger partial charge in [0.05, 0.1) is 23.0 Å². The topological polar surface area (TPSA) is 101 Å². The van der Waals surface area contributed by atoms with Gasteiger partial charge in [-0.25, -0.2) is 9.78 Å². The first kappa shape index (κ1) is 24.1. The van der Waals surface area contributed by atoms with Gasteiger partial charge in [0, 0.05) is 37.5 Å². The van der Waals surface area contributed by atoms with Gasteiger partial charge in [0.15, 0.2) is 0 Å². The number of alkyl carbamates (subject to hydrolysis) is 1. The summed E-state index contributed by atoms with van der Waals surface area (Å²) in [4.78, 5) is 43.0. The lowest BCUT2D eigenvalue weighted by Crippen LogP contribution is -2.47. The molecule has 1 atom stereocenters. The first-order valence-electron chi connectivity index (χ1n) is 10.5. The standard InChI is InChI=1S/C21H34N4O4S/c1-14(2)19-24-16(13-30-19)11-17(26)25-10-6-7-15(12-25)18(27)22-8-9-23-20(28)29-21(3,4)5/h13-15H,6-12H2,1-5H3,(H,22,27)(H,23,28). The summed E-state index contributed by atoms with van der Waals surface area (Å²) in [6.07, 6.45) is 1.32. The largest absolute Gasteiger partial charge is 0.444 e. The Morgan fingerprint density at radius 3 is 2.60 bits per heavy atom. The fourth-order valence-corrected chi connectivity index (χ4v) is 4.00. The summed E-state index contributed by atoms with van der Waals surface area (Å²) in [5.41, 5.74) is 0.244. The monoisotopic (exact) mass is 438 g/mol. The number of thiazole rings is 1. The van der Waals surface area contributed by atoms with Crippen molar-refractivity contribution in [1.82, 2.24) is 20.5 Å². The predicted molar refractivity (Wildman–Crippen MR) is 116 cm³/mol. The van der Waals surface area contributed by atoms with Gasteiger partial charge in [-0.05, 0) is 33.6 Å². The van der Waals surface area contributed by atoms with Crippen molar-refractivity contribution in [3.05, 3.63) is 16.1 Å². The zero-order valence-electron chi connectivity index (χ0n) is 18.6. The zero-order chi connectivity index (χ0) is 22.3. The number of likely N-dealkylation sites (tertiary alicyclic amines) is 1. The van der Waals surface area contributed by atoms with Crippen LogP contribution in [0.3, 0.4) is 0 Å². The van der Waals surface area contributed by atoms with E-state index in [1.165, 1.54) is 0 Å². The summed E-state index contributed by atoms with van der Waals surface area (Å²) < 4.78 is 5.15. The number of piperidine rings is 1. The summed E-state index contributed by atoms with van der Waals surface area (Å²) in [5.74, 6) is 0.0477. The van der Waals surface area contributed by atoms with Crippen LogP contribution in [0, 0.1) is 5.92 Å². The summed E-state index contributed by atoms with van der Waals surface area (Å²) in [5, 5.41) is 8.43. The van der Waals surface area contributed by atoms with Crippen LogP contribution in [0.25, 0.3) is 0 Å². The minimum absolute atomic E-state index is 0.0136. The average molecular weight is 439 g/mol. The van der Waals surface area contributed by atoms with Gasteiger partial charge in [0.1, 0.15) is 5.60 Å². The van der Waals surface area contributed by atoms with Gasteiger partial charge in [-0.15, -0.1) is 11.3 Å². The number of amides is 3. The van der Waals surface area contributed by atoms with Crippen LogP contribution in [0.5, 0.6) is 0 Å². The maximum Gasteiger partial charge on any atom is 0.407 e. The maximum absolute atomic E-state index is 12.7. The quantitative estimate of drug-likeness (QED) is 0.638. The Hall–Kier alpha value is -2.16. The zero-order valence-corrected chi connectivity index (χ0v) is 19.4. The number of hydrogen-bond donors (Lipinski definition) is 2. The molecule has 1 aliphatic heterocycles. The molecule has 9 heteroatoms. The van der Waals surface area contributed by atoms with Crippen molar-refractivity contribution < 1.29 is 19.1 Å². The van der Waals surface area contributed by atoms with E-state index in [1.807, 2.05) is 5.38 Å².